The largest absolute Gasteiger partial charge is 0.508 e. The highest BCUT2D eigenvalue weighted by atomic mass is 16.6. The van der Waals surface area contributed by atoms with E-state index >= 15 is 0 Å². The molecule has 0 saturated heterocycles. The van der Waals surface area contributed by atoms with Gasteiger partial charge >= 0.3 is 0 Å². The molecular weight excluding hydrogens is 284 g/mol. The summed E-state index contributed by atoms with van der Waals surface area (Å²) >= 11 is 0. The number of rotatable bonds is 1. The first-order chi connectivity index (χ1) is 10.5. The van der Waals surface area contributed by atoms with Crippen LogP contribution in [0.3, 0.4) is 0 Å². The summed E-state index contributed by atoms with van der Waals surface area (Å²) in [6.45, 7) is 0. The van der Waals surface area contributed by atoms with Crippen molar-refractivity contribution in [3.05, 3.63) is 70.8 Å². The lowest BCUT2D eigenvalue weighted by atomic mass is 10.1. The highest BCUT2D eigenvalue weighted by molar-refractivity contribution is 5.83. The molecule has 0 aromatic heterocycles. The average Bonchev–Trinajstić information content (AvgIpc) is 2.50. The topological polar surface area (TPSA) is 110 Å². The predicted molar refractivity (Wildman–Crippen MR) is 84.8 cm³/mol. The van der Waals surface area contributed by atoms with Crippen molar-refractivity contribution in [2.45, 2.75) is 0 Å². The molecule has 6 nitrogen and oxygen atoms in total. The molecule has 0 radical (unpaired) electrons. The Balaban J connectivity index is 0.000000160. The third-order valence-corrected chi connectivity index (χ3v) is 2.95. The lowest BCUT2D eigenvalue weighted by molar-refractivity contribution is -0.384. The van der Waals surface area contributed by atoms with E-state index in [9.17, 15) is 10.1 Å². The molecule has 112 valence electrons. The minimum atomic E-state index is -0.574. The number of nitrogens with two attached hydrogens (primary N) is 1. The summed E-state index contributed by atoms with van der Waals surface area (Å²) in [5.74, 6) is 0.180. The van der Waals surface area contributed by atoms with E-state index in [1.54, 1.807) is 12.1 Å². The molecule has 0 atom stereocenters. The van der Waals surface area contributed by atoms with Gasteiger partial charge in [-0.15, -0.1) is 0 Å². The Morgan fingerprint density at radius 1 is 0.909 bits per heavy atom. The first-order valence-electron chi connectivity index (χ1n) is 6.38. The summed E-state index contributed by atoms with van der Waals surface area (Å²) in [6, 6.07) is 16.8. The second-order valence-electron chi connectivity index (χ2n) is 4.53. The summed E-state index contributed by atoms with van der Waals surface area (Å²) in [4.78, 5) is 9.56. The number of nitro benzene ring substituents is 1. The first kappa shape index (κ1) is 15.1. The van der Waals surface area contributed by atoms with E-state index in [0.717, 1.165) is 16.8 Å². The molecule has 0 aliphatic rings. The van der Waals surface area contributed by atoms with Gasteiger partial charge in [0, 0.05) is 12.1 Å². The van der Waals surface area contributed by atoms with Crippen LogP contribution in [0.15, 0.2) is 60.7 Å². The molecule has 3 aromatic carbocycles. The van der Waals surface area contributed by atoms with E-state index in [1.165, 1.54) is 12.1 Å². The fourth-order valence-corrected chi connectivity index (χ4v) is 1.83. The van der Waals surface area contributed by atoms with Gasteiger partial charge in [0.25, 0.3) is 5.69 Å². The van der Waals surface area contributed by atoms with Crippen molar-refractivity contribution in [1.82, 2.24) is 0 Å². The van der Waals surface area contributed by atoms with Crippen LogP contribution in [0.4, 0.5) is 11.4 Å². The number of nitrogen functional groups attached to an aromatic ring is 1. The van der Waals surface area contributed by atoms with Crippen molar-refractivity contribution in [2.24, 2.45) is 0 Å². The summed E-state index contributed by atoms with van der Waals surface area (Å²) < 4.78 is 0. The number of hydrogen-bond donors (Lipinski definition) is 3. The Labute approximate surface area is 126 Å². The fraction of sp³-hybridized carbons (Fsp3) is 0. The number of nitrogens with zero attached hydrogens (tertiary/aromatic N) is 1. The summed E-state index contributed by atoms with van der Waals surface area (Å²) in [5, 5.41) is 30.4. The molecule has 0 bridgehead atoms. The number of phenols is 2. The maximum atomic E-state index is 10.1. The molecule has 22 heavy (non-hydrogen) atoms. The van der Waals surface area contributed by atoms with Crippen LogP contribution in [0, 0.1) is 10.1 Å². The van der Waals surface area contributed by atoms with Crippen LogP contribution in [0.25, 0.3) is 10.8 Å². The number of phenolic OH excluding ortho intramolecular Hbond substituents is 2. The van der Waals surface area contributed by atoms with Gasteiger partial charge < -0.3 is 15.9 Å². The van der Waals surface area contributed by atoms with Gasteiger partial charge in [-0.25, -0.2) is 0 Å². The number of aromatic hydroxyl groups is 2. The lowest BCUT2D eigenvalue weighted by Crippen LogP contribution is -1.90. The van der Waals surface area contributed by atoms with E-state index in [2.05, 4.69) is 0 Å². The molecule has 0 spiro atoms. The van der Waals surface area contributed by atoms with E-state index in [0.29, 0.717) is 5.75 Å². The van der Waals surface area contributed by atoms with Crippen LogP contribution in [0.2, 0.25) is 0 Å². The number of hydrogen-bond acceptors (Lipinski definition) is 5. The summed E-state index contributed by atoms with van der Waals surface area (Å²) in [5.41, 5.74) is 5.09. The third kappa shape index (κ3) is 3.63. The highest BCUT2D eigenvalue weighted by Gasteiger charge is 2.06. The van der Waals surface area contributed by atoms with Gasteiger partial charge in [-0.3, -0.25) is 10.1 Å². The zero-order chi connectivity index (χ0) is 16.1. The predicted octanol–water partition coefficient (Wildman–Crippen LogP) is 3.43. The zero-order valence-electron chi connectivity index (χ0n) is 11.5. The van der Waals surface area contributed by atoms with Gasteiger partial charge in [0.1, 0.15) is 11.5 Å². The molecule has 3 aromatic rings. The van der Waals surface area contributed by atoms with Crippen molar-refractivity contribution in [2.75, 3.05) is 5.73 Å². The quantitative estimate of drug-likeness (QED) is 0.276. The summed E-state index contributed by atoms with van der Waals surface area (Å²) in [7, 11) is 0. The van der Waals surface area contributed by atoms with Crippen molar-refractivity contribution < 1.29 is 15.1 Å². The van der Waals surface area contributed by atoms with Gasteiger partial charge in [0.2, 0.25) is 0 Å². The van der Waals surface area contributed by atoms with Crippen LogP contribution in [-0.2, 0) is 0 Å². The number of fused-ring (bicyclic) bond motifs is 1. The molecule has 0 fully saturated rings. The van der Waals surface area contributed by atoms with Crippen LogP contribution >= 0.6 is 0 Å². The number of benzene rings is 3. The maximum absolute atomic E-state index is 10.1. The Morgan fingerprint density at radius 3 is 2.23 bits per heavy atom. The fourth-order valence-electron chi connectivity index (χ4n) is 1.83. The zero-order valence-corrected chi connectivity index (χ0v) is 11.5. The van der Waals surface area contributed by atoms with Crippen molar-refractivity contribution >= 4 is 22.1 Å². The normalized spacial score (nSPS) is 9.82. The molecule has 3 rings (SSSR count). The van der Waals surface area contributed by atoms with Gasteiger partial charge in [0.15, 0.2) is 0 Å². The second-order valence-corrected chi connectivity index (χ2v) is 4.53. The van der Waals surface area contributed by atoms with Gasteiger partial charge in [-0.05, 0) is 29.0 Å². The Morgan fingerprint density at radius 2 is 1.59 bits per heavy atom. The van der Waals surface area contributed by atoms with E-state index in [-0.39, 0.29) is 17.1 Å². The molecule has 4 N–H and O–H groups in total. The number of non-ortho nitro benzene ring substituents is 1. The van der Waals surface area contributed by atoms with E-state index in [1.807, 2.05) is 30.3 Å². The molecule has 0 aliphatic carbocycles. The van der Waals surface area contributed by atoms with E-state index < -0.39 is 4.92 Å². The molecule has 0 aliphatic heterocycles. The maximum Gasteiger partial charge on any atom is 0.271 e. The van der Waals surface area contributed by atoms with Gasteiger partial charge in [-0.2, -0.15) is 0 Å². The second kappa shape index (κ2) is 6.45. The molecular formula is C16H14N2O4. The van der Waals surface area contributed by atoms with Gasteiger partial charge in [-0.1, -0.05) is 30.3 Å². The Hall–Kier alpha value is -3.28. The minimum Gasteiger partial charge on any atom is -0.508 e. The van der Waals surface area contributed by atoms with E-state index in [4.69, 9.17) is 15.9 Å². The van der Waals surface area contributed by atoms with Crippen LogP contribution in [-0.4, -0.2) is 15.1 Å². The van der Waals surface area contributed by atoms with Crippen LogP contribution < -0.4 is 5.73 Å². The van der Waals surface area contributed by atoms with Crippen LogP contribution in [0.5, 0.6) is 11.5 Å². The molecule has 0 unspecified atom stereocenters. The van der Waals surface area contributed by atoms with Crippen molar-refractivity contribution in [1.29, 1.82) is 0 Å². The van der Waals surface area contributed by atoms with Crippen molar-refractivity contribution in [3.8, 4) is 11.5 Å². The standard InChI is InChI=1S/C10H8O.C6H6N2O3/c11-10-6-5-8-3-1-2-4-9(8)7-10;7-5-3-4(8(10)11)1-2-6(5)9/h1-7,11H;1-3,9H,7H2. The first-order valence-corrected chi connectivity index (χ1v) is 6.38. The van der Waals surface area contributed by atoms with Gasteiger partial charge in [0.05, 0.1) is 10.6 Å². The number of nitro groups is 1. The third-order valence-electron chi connectivity index (χ3n) is 2.95. The Bertz CT molecular complexity index is 818. The average molecular weight is 298 g/mol. The van der Waals surface area contributed by atoms with Crippen LogP contribution in [0.1, 0.15) is 0 Å². The minimum absolute atomic E-state index is 0.0131. The molecule has 0 amide bonds. The monoisotopic (exact) mass is 298 g/mol. The molecule has 0 saturated carbocycles. The lowest BCUT2D eigenvalue weighted by Gasteiger charge is -1.96. The Kier molecular flexibility index (Phi) is 4.43. The highest BCUT2D eigenvalue weighted by Crippen LogP contribution is 2.24. The SMILES string of the molecule is Nc1cc([N+](=O)[O-])ccc1O.Oc1ccc2ccccc2c1. The number of anilines is 1. The molecule has 6 heteroatoms. The summed E-state index contributed by atoms with van der Waals surface area (Å²) in [6.07, 6.45) is 0. The smallest absolute Gasteiger partial charge is 0.271 e. The van der Waals surface area contributed by atoms with Crippen molar-refractivity contribution in [3.63, 3.8) is 0 Å². The molecule has 0 heterocycles.